The summed E-state index contributed by atoms with van der Waals surface area (Å²) in [7, 11) is -3.75. The molecule has 0 aliphatic carbocycles. The Balaban J connectivity index is 1.43. The summed E-state index contributed by atoms with van der Waals surface area (Å²) in [4.78, 5) is 22.3. The molecule has 4 aromatic rings. The van der Waals surface area contributed by atoms with E-state index in [1.807, 2.05) is 55.6 Å². The van der Waals surface area contributed by atoms with Crippen LogP contribution in [0.15, 0.2) is 65.7 Å². The van der Waals surface area contributed by atoms with Crippen molar-refractivity contribution in [3.8, 4) is 28.1 Å². The van der Waals surface area contributed by atoms with E-state index in [0.29, 0.717) is 18.9 Å². The van der Waals surface area contributed by atoms with Crippen molar-refractivity contribution in [3.05, 3.63) is 89.1 Å². The number of ether oxygens (including phenoxy) is 1. The highest BCUT2D eigenvalue weighted by molar-refractivity contribution is 7.90. The molecular weight excluding hydrogens is 505 g/mol. The van der Waals surface area contributed by atoms with E-state index in [9.17, 15) is 13.2 Å². The van der Waals surface area contributed by atoms with Gasteiger partial charge >= 0.3 is 0 Å². The monoisotopic (exact) mass is 533 g/mol. The summed E-state index contributed by atoms with van der Waals surface area (Å²) in [5.74, 6) is 0.334. The van der Waals surface area contributed by atoms with E-state index in [1.54, 1.807) is 11.8 Å². The van der Waals surface area contributed by atoms with Crippen LogP contribution in [0.1, 0.15) is 34.2 Å². The number of amides is 1. The highest BCUT2D eigenvalue weighted by atomic mass is 32.2. The molecule has 196 valence electrons. The number of aryl methyl sites for hydroxylation is 1. The predicted octanol–water partition coefficient (Wildman–Crippen LogP) is 5.19. The van der Waals surface area contributed by atoms with Crippen molar-refractivity contribution in [3.63, 3.8) is 0 Å². The quantitative estimate of drug-likeness (QED) is 0.381. The molecule has 38 heavy (non-hydrogen) atoms. The molecule has 2 heterocycles. The molecule has 0 bridgehead atoms. The van der Waals surface area contributed by atoms with Crippen LogP contribution >= 0.6 is 0 Å². The Hall–Kier alpha value is -3.98. The van der Waals surface area contributed by atoms with Crippen molar-refractivity contribution < 1.29 is 22.3 Å². The van der Waals surface area contributed by atoms with Crippen molar-refractivity contribution in [2.45, 2.75) is 31.7 Å². The van der Waals surface area contributed by atoms with E-state index in [1.165, 1.54) is 12.1 Å². The first-order valence-electron chi connectivity index (χ1n) is 12.3. The summed E-state index contributed by atoms with van der Waals surface area (Å²) >= 11 is 0. The molecule has 0 spiro atoms. The van der Waals surface area contributed by atoms with Crippen LogP contribution in [0.2, 0.25) is 0 Å². The Morgan fingerprint density at radius 2 is 1.79 bits per heavy atom. The largest absolute Gasteiger partial charge is 0.491 e. The zero-order valence-corrected chi connectivity index (χ0v) is 22.2. The van der Waals surface area contributed by atoms with Crippen LogP contribution in [-0.2, 0) is 22.8 Å². The lowest BCUT2D eigenvalue weighted by atomic mass is 10.00. The maximum atomic E-state index is 15.1. The van der Waals surface area contributed by atoms with Crippen molar-refractivity contribution in [1.29, 1.82) is 0 Å². The number of hydrogen-bond donors (Lipinski definition) is 1. The second kappa shape index (κ2) is 10.1. The molecule has 0 unspecified atom stereocenters. The minimum atomic E-state index is -3.75. The van der Waals surface area contributed by atoms with E-state index >= 15 is 4.39 Å². The third kappa shape index (κ3) is 4.93. The zero-order valence-electron chi connectivity index (χ0n) is 21.4. The first-order chi connectivity index (χ1) is 18.2. The number of H-pyrrole nitrogens is 1. The number of halogens is 1. The standard InChI is InChI=1S/C29H28FN3O4S/c1-4-23-24(10-12-27(28(23)30)38(3,35)36)29(34)33-13-14-37-26-11-9-21(15-22(26)17-33)19-5-7-20(8-6-19)25-16-31-18(2)32-25/h5-12,15-16H,4,13-14,17H2,1-3H3,(H,31,32). The van der Waals surface area contributed by atoms with Crippen molar-refractivity contribution in [2.24, 2.45) is 0 Å². The number of rotatable bonds is 5. The Labute approximate surface area is 221 Å². The Bertz CT molecular complexity index is 1630. The number of aromatic amines is 1. The van der Waals surface area contributed by atoms with Crippen LogP contribution in [0.4, 0.5) is 4.39 Å². The van der Waals surface area contributed by atoms with Gasteiger partial charge in [0.2, 0.25) is 0 Å². The van der Waals surface area contributed by atoms with E-state index < -0.39 is 20.5 Å². The molecular formula is C29H28FN3O4S. The van der Waals surface area contributed by atoms with E-state index in [4.69, 9.17) is 4.74 Å². The summed E-state index contributed by atoms with van der Waals surface area (Å²) in [5, 5.41) is 0. The molecule has 0 saturated carbocycles. The lowest BCUT2D eigenvalue weighted by Gasteiger charge is -2.22. The molecule has 1 N–H and O–H groups in total. The molecule has 0 radical (unpaired) electrons. The average molecular weight is 534 g/mol. The normalized spacial score (nSPS) is 13.5. The number of nitrogens with one attached hydrogen (secondary N) is 1. The second-order valence-corrected chi connectivity index (χ2v) is 11.4. The van der Waals surface area contributed by atoms with Gasteiger partial charge in [0.05, 0.1) is 12.2 Å². The fourth-order valence-corrected chi connectivity index (χ4v) is 5.51. The molecule has 5 rings (SSSR count). The van der Waals surface area contributed by atoms with Crippen LogP contribution < -0.4 is 4.74 Å². The van der Waals surface area contributed by atoms with Crippen LogP contribution in [0, 0.1) is 12.7 Å². The van der Waals surface area contributed by atoms with E-state index in [2.05, 4.69) is 9.97 Å². The number of sulfone groups is 1. The molecule has 1 aliphatic rings. The third-order valence-electron chi connectivity index (χ3n) is 6.74. The molecule has 7 nitrogen and oxygen atoms in total. The molecule has 1 aromatic heterocycles. The van der Waals surface area contributed by atoms with Crippen LogP contribution in [-0.4, -0.2) is 48.6 Å². The second-order valence-electron chi connectivity index (χ2n) is 9.38. The number of imidazole rings is 1. The first kappa shape index (κ1) is 25.7. The fourth-order valence-electron chi connectivity index (χ4n) is 4.75. The van der Waals surface area contributed by atoms with Gasteiger partial charge in [0.25, 0.3) is 5.91 Å². The van der Waals surface area contributed by atoms with Gasteiger partial charge in [-0.15, -0.1) is 0 Å². The average Bonchev–Trinajstić information content (AvgIpc) is 3.21. The van der Waals surface area contributed by atoms with Gasteiger partial charge in [0.1, 0.15) is 28.9 Å². The predicted molar refractivity (Wildman–Crippen MR) is 143 cm³/mol. The first-order valence-corrected chi connectivity index (χ1v) is 14.2. The summed E-state index contributed by atoms with van der Waals surface area (Å²) < 4.78 is 44.9. The number of carbonyl (C=O) groups excluding carboxylic acids is 1. The topological polar surface area (TPSA) is 92.4 Å². The lowest BCUT2D eigenvalue weighted by molar-refractivity contribution is 0.0731. The number of aromatic nitrogens is 2. The van der Waals surface area contributed by atoms with Gasteiger partial charge in [-0.25, -0.2) is 17.8 Å². The minimum Gasteiger partial charge on any atom is -0.491 e. The lowest BCUT2D eigenvalue weighted by Crippen LogP contribution is -2.33. The number of hydrogen-bond acceptors (Lipinski definition) is 5. The zero-order chi connectivity index (χ0) is 27.0. The Morgan fingerprint density at radius 3 is 2.45 bits per heavy atom. The Morgan fingerprint density at radius 1 is 1.08 bits per heavy atom. The van der Waals surface area contributed by atoms with E-state index in [-0.39, 0.29) is 30.0 Å². The van der Waals surface area contributed by atoms with Gasteiger partial charge in [0.15, 0.2) is 9.84 Å². The van der Waals surface area contributed by atoms with Gasteiger partial charge in [-0.3, -0.25) is 4.79 Å². The highest BCUT2D eigenvalue weighted by Crippen LogP contribution is 2.32. The van der Waals surface area contributed by atoms with Crippen LogP contribution in [0.5, 0.6) is 5.75 Å². The SMILES string of the molecule is CCc1c(C(=O)N2CCOc3ccc(-c4ccc(-c5c[nH]c(C)n5)cc4)cc3C2)ccc(S(C)(=O)=O)c1F. The molecule has 1 amide bonds. The number of nitrogens with zero attached hydrogens (tertiary/aromatic N) is 2. The van der Waals surface area contributed by atoms with Crippen LogP contribution in [0.3, 0.4) is 0 Å². The number of carbonyl (C=O) groups is 1. The highest BCUT2D eigenvalue weighted by Gasteiger charge is 2.27. The van der Waals surface area contributed by atoms with Crippen LogP contribution in [0.25, 0.3) is 22.4 Å². The van der Waals surface area contributed by atoms with Crippen molar-refractivity contribution in [2.75, 3.05) is 19.4 Å². The maximum absolute atomic E-state index is 15.1. The summed E-state index contributed by atoms with van der Waals surface area (Å²) in [6.07, 6.45) is 3.02. The fraction of sp³-hybridized carbons (Fsp3) is 0.241. The van der Waals surface area contributed by atoms with Gasteiger partial charge in [-0.2, -0.15) is 0 Å². The van der Waals surface area contributed by atoms with Crippen molar-refractivity contribution >= 4 is 15.7 Å². The summed E-state index contributed by atoms with van der Waals surface area (Å²) in [5.41, 5.74) is 4.98. The van der Waals surface area contributed by atoms with Gasteiger partial charge < -0.3 is 14.6 Å². The summed E-state index contributed by atoms with van der Waals surface area (Å²) in [6, 6.07) is 16.6. The van der Waals surface area contributed by atoms with Gasteiger partial charge in [-0.1, -0.05) is 37.3 Å². The summed E-state index contributed by atoms with van der Waals surface area (Å²) in [6.45, 7) is 4.51. The van der Waals surface area contributed by atoms with Crippen molar-refractivity contribution in [1.82, 2.24) is 14.9 Å². The molecule has 9 heteroatoms. The number of benzene rings is 3. The third-order valence-corrected chi connectivity index (χ3v) is 7.85. The van der Waals surface area contributed by atoms with Gasteiger partial charge in [0, 0.05) is 41.3 Å². The molecule has 0 atom stereocenters. The van der Waals surface area contributed by atoms with Gasteiger partial charge in [-0.05, 0) is 48.7 Å². The number of fused-ring (bicyclic) bond motifs is 1. The Kier molecular flexibility index (Phi) is 6.79. The molecule has 0 saturated heterocycles. The minimum absolute atomic E-state index is 0.101. The molecule has 1 aliphatic heterocycles. The molecule has 0 fully saturated rings. The maximum Gasteiger partial charge on any atom is 0.254 e. The smallest absolute Gasteiger partial charge is 0.254 e. The molecule has 3 aromatic carbocycles. The van der Waals surface area contributed by atoms with E-state index in [0.717, 1.165) is 40.0 Å².